The molecule has 2 aromatic carbocycles. The van der Waals surface area contributed by atoms with Gasteiger partial charge >= 0.3 is 5.97 Å². The first-order chi connectivity index (χ1) is 15.8. The van der Waals surface area contributed by atoms with Gasteiger partial charge in [-0.3, -0.25) is 14.4 Å². The molecular formula is C24H25ClN4O4. The van der Waals surface area contributed by atoms with Crippen molar-refractivity contribution >= 4 is 40.4 Å². The summed E-state index contributed by atoms with van der Waals surface area (Å²) < 4.78 is 0. The van der Waals surface area contributed by atoms with Crippen LogP contribution in [0.2, 0.25) is 5.02 Å². The van der Waals surface area contributed by atoms with E-state index >= 15 is 0 Å². The molecule has 4 rings (SSSR count). The average Bonchev–Trinajstić information content (AvgIpc) is 3.45. The fraction of sp³-hybridized carbons (Fsp3) is 0.333. The molecule has 1 aliphatic rings. The van der Waals surface area contributed by atoms with Gasteiger partial charge < -0.3 is 20.3 Å². The molecule has 8 nitrogen and oxygen atoms in total. The summed E-state index contributed by atoms with van der Waals surface area (Å²) in [4.78, 5) is 46.4. The molecule has 2 heterocycles. The van der Waals surface area contributed by atoms with Crippen LogP contribution < -0.4 is 5.32 Å². The Morgan fingerprint density at radius 3 is 2.64 bits per heavy atom. The number of rotatable bonds is 7. The molecule has 9 heteroatoms. The lowest BCUT2D eigenvalue weighted by molar-refractivity contribution is -0.137. The molecule has 1 fully saturated rings. The third-order valence-corrected chi connectivity index (χ3v) is 6.09. The van der Waals surface area contributed by atoms with Crippen molar-refractivity contribution in [1.29, 1.82) is 0 Å². The lowest BCUT2D eigenvalue weighted by atomic mass is 10.0. The number of fused-ring (bicyclic) bond motifs is 1. The average molecular weight is 469 g/mol. The first-order valence-corrected chi connectivity index (χ1v) is 11.3. The summed E-state index contributed by atoms with van der Waals surface area (Å²) in [6.45, 7) is 3.33. The number of aliphatic carboxylic acids is 1. The highest BCUT2D eigenvalue weighted by Crippen LogP contribution is 2.23. The van der Waals surface area contributed by atoms with Crippen LogP contribution in [0.3, 0.4) is 0 Å². The number of likely N-dealkylation sites (tertiary alicyclic amines) is 1. The summed E-state index contributed by atoms with van der Waals surface area (Å²) in [6.07, 6.45) is 2.05. The van der Waals surface area contributed by atoms with E-state index in [0.29, 0.717) is 33.0 Å². The zero-order valence-electron chi connectivity index (χ0n) is 18.2. The normalized spacial score (nSPS) is 14.4. The molecule has 0 radical (unpaired) electrons. The Labute approximate surface area is 195 Å². The van der Waals surface area contributed by atoms with E-state index in [4.69, 9.17) is 16.7 Å². The maximum absolute atomic E-state index is 13.0. The molecule has 33 heavy (non-hydrogen) atoms. The Balaban J connectivity index is 1.55. The zero-order chi connectivity index (χ0) is 23.5. The van der Waals surface area contributed by atoms with E-state index in [9.17, 15) is 14.4 Å². The number of carboxylic acids is 1. The van der Waals surface area contributed by atoms with Crippen molar-refractivity contribution < 1.29 is 19.5 Å². The van der Waals surface area contributed by atoms with Crippen molar-refractivity contribution in [3.63, 3.8) is 0 Å². The van der Waals surface area contributed by atoms with Crippen molar-refractivity contribution in [2.24, 2.45) is 0 Å². The second kappa shape index (κ2) is 9.62. The van der Waals surface area contributed by atoms with E-state index in [1.54, 1.807) is 36.4 Å². The molecule has 0 spiro atoms. The molecule has 2 amide bonds. The van der Waals surface area contributed by atoms with Crippen LogP contribution in [0.1, 0.15) is 63.8 Å². The standard InChI is InChI=1S/C24H25ClN4O4/c1-14-12-15(4-6-17(14)24(33)29-10-2-3-11-29)23(32)28-19(8-9-21(30)31)22-26-18-7-5-16(25)13-20(18)27-22/h4-7,12-13,19H,2-3,8-11H2,1H3,(H,26,27)(H,28,32)(H,30,31). The summed E-state index contributed by atoms with van der Waals surface area (Å²) >= 11 is 6.04. The summed E-state index contributed by atoms with van der Waals surface area (Å²) in [5.41, 5.74) is 3.08. The number of aryl methyl sites for hydroxylation is 1. The van der Waals surface area contributed by atoms with E-state index in [-0.39, 0.29) is 24.7 Å². The van der Waals surface area contributed by atoms with Crippen molar-refractivity contribution in [3.8, 4) is 0 Å². The number of hydrogen-bond acceptors (Lipinski definition) is 4. The van der Waals surface area contributed by atoms with Crippen LogP contribution in [0.15, 0.2) is 36.4 Å². The molecule has 1 saturated heterocycles. The number of amides is 2. The third kappa shape index (κ3) is 5.17. The number of H-pyrrole nitrogens is 1. The van der Waals surface area contributed by atoms with Crippen molar-refractivity contribution in [3.05, 3.63) is 63.9 Å². The third-order valence-electron chi connectivity index (χ3n) is 5.86. The fourth-order valence-electron chi connectivity index (χ4n) is 4.09. The Morgan fingerprint density at radius 1 is 1.18 bits per heavy atom. The number of carbonyl (C=O) groups excluding carboxylic acids is 2. The Kier molecular flexibility index (Phi) is 6.65. The van der Waals surface area contributed by atoms with Crippen LogP contribution in [0.5, 0.6) is 0 Å². The topological polar surface area (TPSA) is 115 Å². The monoisotopic (exact) mass is 468 g/mol. The van der Waals surface area contributed by atoms with Gasteiger partial charge in [0, 0.05) is 35.7 Å². The molecular weight excluding hydrogens is 444 g/mol. The number of carbonyl (C=O) groups is 3. The predicted octanol–water partition coefficient (Wildman–Crippen LogP) is 4.10. The first kappa shape index (κ1) is 22.8. The molecule has 1 unspecified atom stereocenters. The van der Waals surface area contributed by atoms with Gasteiger partial charge in [-0.25, -0.2) is 4.98 Å². The molecule has 0 bridgehead atoms. The minimum Gasteiger partial charge on any atom is -0.481 e. The number of nitrogens with one attached hydrogen (secondary N) is 2. The number of carboxylic acid groups (broad SMARTS) is 1. The number of imidazole rings is 1. The summed E-state index contributed by atoms with van der Waals surface area (Å²) in [5.74, 6) is -0.891. The van der Waals surface area contributed by atoms with E-state index in [0.717, 1.165) is 31.5 Å². The summed E-state index contributed by atoms with van der Waals surface area (Å²) in [5, 5.41) is 12.6. The molecule has 0 saturated carbocycles. The number of nitrogens with zero attached hydrogens (tertiary/aromatic N) is 2. The second-order valence-corrected chi connectivity index (χ2v) is 8.71. The number of benzene rings is 2. The maximum Gasteiger partial charge on any atom is 0.303 e. The van der Waals surface area contributed by atoms with Gasteiger partial charge in [-0.2, -0.15) is 0 Å². The largest absolute Gasteiger partial charge is 0.481 e. The highest BCUT2D eigenvalue weighted by molar-refractivity contribution is 6.31. The van der Waals surface area contributed by atoms with Gasteiger partial charge in [-0.05, 0) is 68.1 Å². The predicted molar refractivity (Wildman–Crippen MR) is 124 cm³/mol. The second-order valence-electron chi connectivity index (χ2n) is 8.27. The lowest BCUT2D eigenvalue weighted by Crippen LogP contribution is -2.30. The quantitative estimate of drug-likeness (QED) is 0.483. The fourth-order valence-corrected chi connectivity index (χ4v) is 4.26. The number of halogens is 1. The van der Waals surface area contributed by atoms with Gasteiger partial charge in [-0.1, -0.05) is 11.6 Å². The van der Waals surface area contributed by atoms with Gasteiger partial charge in [0.15, 0.2) is 0 Å². The van der Waals surface area contributed by atoms with Crippen molar-refractivity contribution in [1.82, 2.24) is 20.2 Å². The molecule has 0 aliphatic carbocycles. The Hall–Kier alpha value is -3.39. The smallest absolute Gasteiger partial charge is 0.303 e. The van der Waals surface area contributed by atoms with Crippen LogP contribution in [-0.2, 0) is 4.79 Å². The van der Waals surface area contributed by atoms with Crippen molar-refractivity contribution in [2.45, 2.75) is 38.6 Å². The van der Waals surface area contributed by atoms with E-state index < -0.39 is 12.0 Å². The molecule has 1 aromatic heterocycles. The van der Waals surface area contributed by atoms with Crippen LogP contribution in [-0.4, -0.2) is 50.8 Å². The van der Waals surface area contributed by atoms with Gasteiger partial charge in [0.2, 0.25) is 0 Å². The summed E-state index contributed by atoms with van der Waals surface area (Å²) in [7, 11) is 0. The minimum absolute atomic E-state index is 0.0165. The zero-order valence-corrected chi connectivity index (χ0v) is 19.0. The van der Waals surface area contributed by atoms with Crippen LogP contribution in [0.4, 0.5) is 0 Å². The van der Waals surface area contributed by atoms with Gasteiger partial charge in [0.05, 0.1) is 17.1 Å². The molecule has 1 aliphatic heterocycles. The SMILES string of the molecule is Cc1cc(C(=O)NC(CCC(=O)O)c2nc3ccc(Cl)cc3[nH]2)ccc1C(=O)N1CCCC1. The lowest BCUT2D eigenvalue weighted by Gasteiger charge is -2.18. The number of aromatic nitrogens is 2. The van der Waals surface area contributed by atoms with E-state index in [1.807, 2.05) is 11.8 Å². The van der Waals surface area contributed by atoms with Gasteiger partial charge in [0.1, 0.15) is 5.82 Å². The molecule has 3 N–H and O–H groups in total. The molecule has 3 aromatic rings. The van der Waals surface area contributed by atoms with Crippen LogP contribution >= 0.6 is 11.6 Å². The van der Waals surface area contributed by atoms with Gasteiger partial charge in [0.25, 0.3) is 11.8 Å². The number of aromatic amines is 1. The van der Waals surface area contributed by atoms with Crippen LogP contribution in [0, 0.1) is 6.92 Å². The Bertz CT molecular complexity index is 1220. The molecule has 1 atom stereocenters. The van der Waals surface area contributed by atoms with E-state index in [1.165, 1.54) is 0 Å². The first-order valence-electron chi connectivity index (χ1n) is 10.9. The maximum atomic E-state index is 13.0. The molecule has 172 valence electrons. The highest BCUT2D eigenvalue weighted by Gasteiger charge is 2.23. The highest BCUT2D eigenvalue weighted by atomic mass is 35.5. The van der Waals surface area contributed by atoms with E-state index in [2.05, 4.69) is 15.3 Å². The van der Waals surface area contributed by atoms with Gasteiger partial charge in [-0.15, -0.1) is 0 Å². The minimum atomic E-state index is -0.964. The number of hydrogen-bond donors (Lipinski definition) is 3. The van der Waals surface area contributed by atoms with Crippen LogP contribution in [0.25, 0.3) is 11.0 Å². The Morgan fingerprint density at radius 2 is 1.94 bits per heavy atom. The van der Waals surface area contributed by atoms with Crippen molar-refractivity contribution in [2.75, 3.05) is 13.1 Å². The summed E-state index contributed by atoms with van der Waals surface area (Å²) in [6, 6.07) is 9.55.